The van der Waals surface area contributed by atoms with Crippen LogP contribution in [0.4, 0.5) is 13.2 Å². The summed E-state index contributed by atoms with van der Waals surface area (Å²) in [5.74, 6) is 4.59. The van der Waals surface area contributed by atoms with E-state index in [0.717, 1.165) is 6.07 Å². The molecule has 102 valence electrons. The van der Waals surface area contributed by atoms with Gasteiger partial charge in [-0.3, -0.25) is 4.79 Å². The number of esters is 1. The highest BCUT2D eigenvalue weighted by Crippen LogP contribution is 2.32. The number of alkyl halides is 3. The van der Waals surface area contributed by atoms with Gasteiger partial charge in [0.1, 0.15) is 6.42 Å². The molecule has 0 amide bonds. The lowest BCUT2D eigenvalue weighted by Crippen LogP contribution is -2.08. The molecule has 0 aliphatic carbocycles. The monoisotopic (exact) mass is 270 g/mol. The topological polar surface area (TPSA) is 26.3 Å². The van der Waals surface area contributed by atoms with Crippen LogP contribution in [0.1, 0.15) is 30.0 Å². The van der Waals surface area contributed by atoms with Gasteiger partial charge in [0.2, 0.25) is 0 Å². The smallest absolute Gasteiger partial charge is 0.416 e. The number of hydrogen-bond donors (Lipinski definition) is 0. The normalized spacial score (nSPS) is 10.6. The summed E-state index contributed by atoms with van der Waals surface area (Å²) in [5, 5.41) is 0. The minimum Gasteiger partial charge on any atom is -0.465 e. The molecule has 0 bridgehead atoms. The van der Waals surface area contributed by atoms with Gasteiger partial charge in [0.25, 0.3) is 0 Å². The van der Waals surface area contributed by atoms with Crippen molar-refractivity contribution in [1.29, 1.82) is 0 Å². The maximum Gasteiger partial charge on any atom is 0.416 e. The fourth-order valence-corrected chi connectivity index (χ4v) is 1.50. The molecule has 0 fully saturated rings. The zero-order chi connectivity index (χ0) is 14.5. The van der Waals surface area contributed by atoms with E-state index in [1.165, 1.54) is 19.1 Å². The quantitative estimate of drug-likeness (QED) is 0.608. The maximum atomic E-state index is 12.7. The molecule has 0 atom stereocenters. The van der Waals surface area contributed by atoms with E-state index < -0.39 is 17.7 Å². The number of hydrogen-bond acceptors (Lipinski definition) is 2. The molecule has 1 aromatic rings. The Morgan fingerprint density at radius 3 is 2.63 bits per heavy atom. The number of rotatable bonds is 2. The van der Waals surface area contributed by atoms with Crippen LogP contribution >= 0.6 is 0 Å². The highest BCUT2D eigenvalue weighted by Gasteiger charge is 2.32. The molecule has 1 rings (SSSR count). The molecule has 0 unspecified atom stereocenters. The van der Waals surface area contributed by atoms with E-state index in [1.807, 2.05) is 0 Å². The molecule has 19 heavy (non-hydrogen) atoms. The fourth-order valence-electron chi connectivity index (χ4n) is 1.50. The van der Waals surface area contributed by atoms with Gasteiger partial charge in [0, 0.05) is 5.56 Å². The molecule has 2 nitrogen and oxygen atoms in total. The Morgan fingerprint density at radius 1 is 1.37 bits per heavy atom. The van der Waals surface area contributed by atoms with E-state index in [0.29, 0.717) is 0 Å². The second-order valence-corrected chi connectivity index (χ2v) is 3.76. The van der Waals surface area contributed by atoms with Crippen LogP contribution in [0.3, 0.4) is 0 Å². The first-order valence-corrected chi connectivity index (χ1v) is 5.67. The molecule has 0 spiro atoms. The zero-order valence-corrected chi connectivity index (χ0v) is 10.6. The van der Waals surface area contributed by atoms with Crippen molar-refractivity contribution in [3.05, 3.63) is 34.9 Å². The maximum absolute atomic E-state index is 12.7. The molecule has 0 aliphatic rings. The Hall–Kier alpha value is -1.96. The van der Waals surface area contributed by atoms with Crippen LogP contribution in [-0.2, 0) is 15.7 Å². The van der Waals surface area contributed by atoms with Gasteiger partial charge >= 0.3 is 12.1 Å². The molecular weight excluding hydrogens is 257 g/mol. The third kappa shape index (κ3) is 4.32. The largest absolute Gasteiger partial charge is 0.465 e. The van der Waals surface area contributed by atoms with Crippen molar-refractivity contribution in [2.24, 2.45) is 0 Å². The summed E-state index contributed by atoms with van der Waals surface area (Å²) in [6.07, 6.45) is -4.54. The van der Waals surface area contributed by atoms with E-state index in [4.69, 9.17) is 0 Å². The van der Waals surface area contributed by atoms with Gasteiger partial charge in [0.05, 0.1) is 12.2 Å². The van der Waals surface area contributed by atoms with Crippen LogP contribution < -0.4 is 0 Å². The second kappa shape index (κ2) is 6.28. The molecule has 0 radical (unpaired) electrons. The minimum absolute atomic E-state index is 0.0614. The summed E-state index contributed by atoms with van der Waals surface area (Å²) in [7, 11) is 0. The Labute approximate surface area is 109 Å². The highest BCUT2D eigenvalue weighted by molar-refractivity contribution is 5.72. The Bertz CT molecular complexity index is 522. The number of benzene rings is 1. The predicted molar refractivity (Wildman–Crippen MR) is 64.3 cm³/mol. The number of carbonyl (C=O) groups excluding carboxylic acids is 1. The number of carbonyl (C=O) groups is 1. The first-order valence-electron chi connectivity index (χ1n) is 5.67. The molecule has 0 saturated heterocycles. The van der Waals surface area contributed by atoms with Gasteiger partial charge in [0.15, 0.2) is 0 Å². The van der Waals surface area contributed by atoms with Gasteiger partial charge in [-0.2, -0.15) is 13.2 Å². The third-order valence-electron chi connectivity index (χ3n) is 2.40. The van der Waals surface area contributed by atoms with Crippen molar-refractivity contribution >= 4 is 5.97 Å². The first kappa shape index (κ1) is 15.1. The van der Waals surface area contributed by atoms with Crippen LogP contribution in [0, 0.1) is 18.8 Å². The summed E-state index contributed by atoms with van der Waals surface area (Å²) >= 11 is 0. The highest BCUT2D eigenvalue weighted by atomic mass is 19.4. The summed E-state index contributed by atoms with van der Waals surface area (Å²) in [5.41, 5.74) is -0.388. The Kier molecular flexibility index (Phi) is 4.99. The SMILES string of the molecule is CCOC(=O)CC#Cc1cccc(C(F)(F)F)c1C. The third-order valence-corrected chi connectivity index (χ3v) is 2.40. The van der Waals surface area contributed by atoms with Crippen molar-refractivity contribution in [1.82, 2.24) is 0 Å². The molecule has 0 heterocycles. The minimum atomic E-state index is -4.40. The Balaban J connectivity index is 2.92. The van der Waals surface area contributed by atoms with Gasteiger partial charge in [-0.15, -0.1) is 0 Å². The van der Waals surface area contributed by atoms with Crippen LogP contribution in [0.5, 0.6) is 0 Å². The first-order chi connectivity index (χ1) is 8.86. The van der Waals surface area contributed by atoms with Crippen molar-refractivity contribution in [3.8, 4) is 11.8 Å². The van der Waals surface area contributed by atoms with Crippen LogP contribution in [0.25, 0.3) is 0 Å². The van der Waals surface area contributed by atoms with Crippen LogP contribution in [0.15, 0.2) is 18.2 Å². The van der Waals surface area contributed by atoms with Crippen molar-refractivity contribution in [2.75, 3.05) is 6.61 Å². The molecule has 0 saturated carbocycles. The second-order valence-electron chi connectivity index (χ2n) is 3.76. The van der Waals surface area contributed by atoms with Gasteiger partial charge < -0.3 is 4.74 Å². The van der Waals surface area contributed by atoms with Gasteiger partial charge in [-0.05, 0) is 31.5 Å². The summed E-state index contributed by atoms with van der Waals surface area (Å²) in [4.78, 5) is 11.0. The van der Waals surface area contributed by atoms with Gasteiger partial charge in [-0.25, -0.2) is 0 Å². The predicted octanol–water partition coefficient (Wildman–Crippen LogP) is 3.32. The molecule has 0 N–H and O–H groups in total. The van der Waals surface area contributed by atoms with E-state index >= 15 is 0 Å². The lowest BCUT2D eigenvalue weighted by Gasteiger charge is -2.10. The van der Waals surface area contributed by atoms with E-state index in [9.17, 15) is 18.0 Å². The summed E-state index contributed by atoms with van der Waals surface area (Å²) in [6, 6.07) is 3.79. The van der Waals surface area contributed by atoms with E-state index in [1.54, 1.807) is 6.92 Å². The van der Waals surface area contributed by atoms with Crippen molar-refractivity contribution in [3.63, 3.8) is 0 Å². The standard InChI is InChI=1S/C14H13F3O2/c1-3-19-13(18)9-5-7-11-6-4-8-12(10(11)2)14(15,16)17/h4,6,8H,3,9H2,1-2H3. The van der Waals surface area contributed by atoms with Crippen LogP contribution in [-0.4, -0.2) is 12.6 Å². The van der Waals surface area contributed by atoms with Crippen molar-refractivity contribution in [2.45, 2.75) is 26.4 Å². The lowest BCUT2D eigenvalue weighted by atomic mass is 10.0. The Morgan fingerprint density at radius 2 is 2.05 bits per heavy atom. The summed E-state index contributed by atoms with van der Waals surface area (Å²) in [6.45, 7) is 3.28. The molecule has 1 aromatic carbocycles. The number of halogens is 3. The molecular formula is C14H13F3O2. The zero-order valence-electron chi connectivity index (χ0n) is 10.6. The average molecular weight is 270 g/mol. The molecule has 0 aromatic heterocycles. The van der Waals surface area contributed by atoms with Gasteiger partial charge in [-0.1, -0.05) is 17.9 Å². The lowest BCUT2D eigenvalue weighted by molar-refractivity contribution is -0.142. The van der Waals surface area contributed by atoms with Crippen molar-refractivity contribution < 1.29 is 22.7 Å². The molecule has 5 heteroatoms. The van der Waals surface area contributed by atoms with Crippen LogP contribution in [0.2, 0.25) is 0 Å². The van der Waals surface area contributed by atoms with E-state index in [2.05, 4.69) is 16.6 Å². The molecule has 0 aliphatic heterocycles. The van der Waals surface area contributed by atoms with E-state index in [-0.39, 0.29) is 24.2 Å². The number of ether oxygens (including phenoxy) is 1. The fraction of sp³-hybridized carbons (Fsp3) is 0.357. The average Bonchev–Trinajstić information content (AvgIpc) is 2.30. The summed E-state index contributed by atoms with van der Waals surface area (Å²) < 4.78 is 42.6.